The Morgan fingerprint density at radius 3 is 2.53 bits per heavy atom. The lowest BCUT2D eigenvalue weighted by atomic mass is 10.1. The summed E-state index contributed by atoms with van der Waals surface area (Å²) in [6.45, 7) is 11.1. The minimum Gasteiger partial charge on any atom is -0.477 e. The molecule has 0 aromatic carbocycles. The highest BCUT2D eigenvalue weighted by Crippen LogP contribution is 2.26. The second kappa shape index (κ2) is 7.60. The van der Waals surface area contributed by atoms with Crippen molar-refractivity contribution in [3.63, 3.8) is 0 Å². The van der Waals surface area contributed by atoms with Gasteiger partial charge in [-0.1, -0.05) is 34.1 Å². The third kappa shape index (κ3) is 4.58. The zero-order valence-corrected chi connectivity index (χ0v) is 13.1. The lowest BCUT2D eigenvalue weighted by molar-refractivity contribution is 0.0700. The Labute approximate surface area is 119 Å². The van der Waals surface area contributed by atoms with E-state index >= 15 is 0 Å². The van der Waals surface area contributed by atoms with Crippen molar-refractivity contribution < 1.29 is 9.90 Å². The van der Waals surface area contributed by atoms with Crippen LogP contribution in [-0.2, 0) is 6.54 Å². The topological polar surface area (TPSA) is 53.4 Å². The van der Waals surface area contributed by atoms with E-state index < -0.39 is 5.97 Å². The molecule has 0 fully saturated rings. The third-order valence-electron chi connectivity index (χ3n) is 3.07. The first-order valence-electron chi connectivity index (χ1n) is 6.94. The molecule has 1 aromatic rings. The molecule has 5 heteroatoms. The van der Waals surface area contributed by atoms with Crippen LogP contribution >= 0.6 is 11.3 Å². The molecule has 1 rings (SSSR count). The Morgan fingerprint density at radius 1 is 1.42 bits per heavy atom. The molecule has 0 aliphatic carbocycles. The van der Waals surface area contributed by atoms with Crippen molar-refractivity contribution in [3.8, 4) is 0 Å². The lowest BCUT2D eigenvalue weighted by Crippen LogP contribution is -2.23. The Kier molecular flexibility index (Phi) is 6.45. The number of thiazole rings is 1. The summed E-state index contributed by atoms with van der Waals surface area (Å²) in [6.07, 6.45) is 2.34. The van der Waals surface area contributed by atoms with E-state index in [9.17, 15) is 9.90 Å². The molecule has 0 aliphatic rings. The summed E-state index contributed by atoms with van der Waals surface area (Å²) in [7, 11) is 0. The second-order valence-corrected chi connectivity index (χ2v) is 6.09. The number of carbonyl (C=O) groups is 1. The van der Waals surface area contributed by atoms with Crippen molar-refractivity contribution in [3.05, 3.63) is 15.6 Å². The average Bonchev–Trinajstić information content (AvgIpc) is 2.78. The van der Waals surface area contributed by atoms with Crippen LogP contribution in [0.2, 0.25) is 0 Å². The number of hydrogen-bond donors (Lipinski definition) is 1. The van der Waals surface area contributed by atoms with Gasteiger partial charge in [-0.2, -0.15) is 0 Å². The van der Waals surface area contributed by atoms with Crippen LogP contribution in [0.3, 0.4) is 0 Å². The predicted octanol–water partition coefficient (Wildman–Crippen LogP) is 3.59. The molecular weight excluding hydrogens is 260 g/mol. The zero-order chi connectivity index (χ0) is 14.4. The SMILES string of the molecule is CCCCN(CC)Cc1nc(C(C)C)c(C(=O)O)s1. The lowest BCUT2D eigenvalue weighted by Gasteiger charge is -2.18. The van der Waals surface area contributed by atoms with Crippen molar-refractivity contribution in [1.82, 2.24) is 9.88 Å². The van der Waals surface area contributed by atoms with E-state index in [1.165, 1.54) is 24.2 Å². The molecule has 108 valence electrons. The van der Waals surface area contributed by atoms with Crippen molar-refractivity contribution >= 4 is 17.3 Å². The maximum atomic E-state index is 11.2. The van der Waals surface area contributed by atoms with E-state index in [1.807, 2.05) is 13.8 Å². The van der Waals surface area contributed by atoms with E-state index in [4.69, 9.17) is 0 Å². The molecule has 0 spiro atoms. The predicted molar refractivity (Wildman–Crippen MR) is 79.0 cm³/mol. The molecule has 0 radical (unpaired) electrons. The molecule has 1 aromatic heterocycles. The average molecular weight is 284 g/mol. The van der Waals surface area contributed by atoms with Crippen molar-refractivity contribution in [1.29, 1.82) is 0 Å². The van der Waals surface area contributed by atoms with Crippen molar-refractivity contribution in [2.24, 2.45) is 0 Å². The number of nitrogens with zero attached hydrogens (tertiary/aromatic N) is 2. The zero-order valence-electron chi connectivity index (χ0n) is 12.3. The first-order valence-corrected chi connectivity index (χ1v) is 7.76. The van der Waals surface area contributed by atoms with Gasteiger partial charge in [0.05, 0.1) is 12.2 Å². The first-order chi connectivity index (χ1) is 8.99. The van der Waals surface area contributed by atoms with E-state index in [2.05, 4.69) is 23.7 Å². The van der Waals surface area contributed by atoms with E-state index in [0.29, 0.717) is 4.88 Å². The van der Waals surface area contributed by atoms with Crippen LogP contribution < -0.4 is 0 Å². The number of carboxylic acid groups (broad SMARTS) is 1. The first kappa shape index (κ1) is 16.1. The van der Waals surface area contributed by atoms with Crippen LogP contribution in [0.4, 0.5) is 0 Å². The van der Waals surface area contributed by atoms with E-state index in [-0.39, 0.29) is 5.92 Å². The summed E-state index contributed by atoms with van der Waals surface area (Å²) < 4.78 is 0. The largest absolute Gasteiger partial charge is 0.477 e. The second-order valence-electron chi connectivity index (χ2n) is 5.00. The van der Waals surface area contributed by atoms with Gasteiger partial charge in [-0.25, -0.2) is 9.78 Å². The summed E-state index contributed by atoms with van der Waals surface area (Å²) in [4.78, 5) is 18.5. The highest BCUT2D eigenvalue weighted by Gasteiger charge is 2.20. The fourth-order valence-electron chi connectivity index (χ4n) is 1.91. The van der Waals surface area contributed by atoms with Gasteiger partial charge in [0.25, 0.3) is 0 Å². The van der Waals surface area contributed by atoms with Gasteiger partial charge in [0.2, 0.25) is 0 Å². The summed E-state index contributed by atoms with van der Waals surface area (Å²) in [5, 5.41) is 10.1. The van der Waals surface area contributed by atoms with Crippen LogP contribution in [0.25, 0.3) is 0 Å². The summed E-state index contributed by atoms with van der Waals surface area (Å²) >= 11 is 1.32. The Hall–Kier alpha value is -0.940. The quantitative estimate of drug-likeness (QED) is 0.792. The normalized spacial score (nSPS) is 11.5. The highest BCUT2D eigenvalue weighted by molar-refractivity contribution is 7.13. The minimum absolute atomic E-state index is 0.154. The maximum Gasteiger partial charge on any atom is 0.347 e. The third-order valence-corrected chi connectivity index (χ3v) is 4.12. The minimum atomic E-state index is -0.857. The summed E-state index contributed by atoms with van der Waals surface area (Å²) in [6, 6.07) is 0. The van der Waals surface area contributed by atoms with Gasteiger partial charge in [0.1, 0.15) is 9.88 Å². The molecule has 1 heterocycles. The maximum absolute atomic E-state index is 11.2. The number of hydrogen-bond acceptors (Lipinski definition) is 4. The molecule has 0 aliphatic heterocycles. The fraction of sp³-hybridized carbons (Fsp3) is 0.714. The summed E-state index contributed by atoms with van der Waals surface area (Å²) in [5.74, 6) is -0.703. The van der Waals surface area contributed by atoms with Crippen LogP contribution in [-0.4, -0.2) is 34.0 Å². The van der Waals surface area contributed by atoms with Crippen molar-refractivity contribution in [2.45, 2.75) is 53.0 Å². The standard InChI is InChI=1S/C14H24N2O2S/c1-5-7-8-16(6-2)9-11-15-12(10(3)4)13(19-11)14(17)18/h10H,5-9H2,1-4H3,(H,17,18). The molecule has 0 bridgehead atoms. The van der Waals surface area contributed by atoms with E-state index in [0.717, 1.165) is 30.3 Å². The Bertz CT molecular complexity index is 416. The monoisotopic (exact) mass is 284 g/mol. The van der Waals surface area contributed by atoms with E-state index in [1.54, 1.807) is 0 Å². The fourth-order valence-corrected chi connectivity index (χ4v) is 3.01. The molecular formula is C14H24N2O2S. The van der Waals surface area contributed by atoms with Crippen LogP contribution in [0.1, 0.15) is 66.8 Å². The molecule has 0 atom stereocenters. The van der Waals surface area contributed by atoms with Gasteiger partial charge in [-0.3, -0.25) is 4.90 Å². The Balaban J connectivity index is 2.83. The molecule has 4 nitrogen and oxygen atoms in total. The smallest absolute Gasteiger partial charge is 0.347 e. The summed E-state index contributed by atoms with van der Waals surface area (Å²) in [5.41, 5.74) is 0.721. The van der Waals surface area contributed by atoms with Gasteiger partial charge in [0.15, 0.2) is 0 Å². The highest BCUT2D eigenvalue weighted by atomic mass is 32.1. The number of carboxylic acids is 1. The number of aromatic nitrogens is 1. The Morgan fingerprint density at radius 2 is 2.11 bits per heavy atom. The molecule has 0 saturated heterocycles. The van der Waals surface area contributed by atoms with Crippen molar-refractivity contribution in [2.75, 3.05) is 13.1 Å². The van der Waals surface area contributed by atoms with Crippen LogP contribution in [0.15, 0.2) is 0 Å². The van der Waals surface area contributed by atoms with Crippen LogP contribution in [0, 0.1) is 0 Å². The van der Waals surface area contributed by atoms with Gasteiger partial charge in [-0.05, 0) is 25.4 Å². The molecule has 0 saturated carbocycles. The number of rotatable bonds is 8. The molecule has 0 unspecified atom stereocenters. The van der Waals surface area contributed by atoms with Crippen LogP contribution in [0.5, 0.6) is 0 Å². The molecule has 1 N–H and O–H groups in total. The van der Waals surface area contributed by atoms with Gasteiger partial charge < -0.3 is 5.11 Å². The van der Waals surface area contributed by atoms with Gasteiger partial charge in [-0.15, -0.1) is 11.3 Å². The molecule has 19 heavy (non-hydrogen) atoms. The number of aromatic carboxylic acids is 1. The number of unbranched alkanes of at least 4 members (excludes halogenated alkanes) is 1. The molecule has 0 amide bonds. The van der Waals surface area contributed by atoms with Gasteiger partial charge >= 0.3 is 5.97 Å². The van der Waals surface area contributed by atoms with Gasteiger partial charge in [0, 0.05) is 0 Å².